The summed E-state index contributed by atoms with van der Waals surface area (Å²) in [5.41, 5.74) is -0.362. The van der Waals surface area contributed by atoms with Crippen LogP contribution in [0.2, 0.25) is 5.02 Å². The zero-order chi connectivity index (χ0) is 13.8. The second kappa shape index (κ2) is 5.97. The van der Waals surface area contributed by atoms with Gasteiger partial charge in [0.25, 0.3) is 5.92 Å². The van der Waals surface area contributed by atoms with Gasteiger partial charge in [-0.3, -0.25) is 0 Å². The summed E-state index contributed by atoms with van der Waals surface area (Å²) in [6.45, 7) is -1.80. The van der Waals surface area contributed by atoms with Gasteiger partial charge in [0.1, 0.15) is 19.0 Å². The van der Waals surface area contributed by atoms with Gasteiger partial charge in [-0.1, -0.05) is 11.6 Å². The minimum atomic E-state index is -3.31. The molecule has 4 nitrogen and oxygen atoms in total. The van der Waals surface area contributed by atoms with Gasteiger partial charge < -0.3 is 14.6 Å². The van der Waals surface area contributed by atoms with E-state index in [4.69, 9.17) is 21.4 Å². The molecule has 0 heterocycles. The Labute approximate surface area is 107 Å². The van der Waals surface area contributed by atoms with Crippen molar-refractivity contribution in [3.63, 3.8) is 0 Å². The van der Waals surface area contributed by atoms with Crippen LogP contribution < -0.4 is 4.74 Å². The summed E-state index contributed by atoms with van der Waals surface area (Å²) in [6, 6.07) is 3.52. The first-order chi connectivity index (χ1) is 8.36. The number of carboxylic acids is 1. The largest absolute Gasteiger partial charge is 0.495 e. The summed E-state index contributed by atoms with van der Waals surface area (Å²) >= 11 is 5.73. The van der Waals surface area contributed by atoms with Gasteiger partial charge in [0.2, 0.25) is 0 Å². The number of aliphatic carboxylic acids is 1. The Kier molecular flexibility index (Phi) is 4.86. The molecule has 0 spiro atoms. The van der Waals surface area contributed by atoms with E-state index in [1.165, 1.54) is 13.2 Å². The fraction of sp³-hybridized carbons (Fsp3) is 0.364. The summed E-state index contributed by atoms with van der Waals surface area (Å²) < 4.78 is 36.4. The van der Waals surface area contributed by atoms with Gasteiger partial charge in [-0.2, -0.15) is 8.78 Å². The van der Waals surface area contributed by atoms with Crippen LogP contribution in [0.25, 0.3) is 0 Å². The minimum Gasteiger partial charge on any atom is -0.495 e. The lowest BCUT2D eigenvalue weighted by molar-refractivity contribution is -0.147. The monoisotopic (exact) mass is 280 g/mol. The van der Waals surface area contributed by atoms with Crippen molar-refractivity contribution in [1.82, 2.24) is 0 Å². The topological polar surface area (TPSA) is 55.8 Å². The molecule has 0 bridgehead atoms. The van der Waals surface area contributed by atoms with Gasteiger partial charge in [0.05, 0.1) is 12.1 Å². The predicted molar refractivity (Wildman–Crippen MR) is 60.4 cm³/mol. The molecule has 0 aliphatic rings. The highest BCUT2D eigenvalue weighted by Crippen LogP contribution is 2.33. The van der Waals surface area contributed by atoms with E-state index in [1.54, 1.807) is 0 Å². The summed E-state index contributed by atoms with van der Waals surface area (Å²) in [5.74, 6) is -4.34. The number of rotatable bonds is 6. The predicted octanol–water partition coefficient (Wildman–Crippen LogP) is 2.54. The molecular formula is C11H11ClF2O4. The average Bonchev–Trinajstić information content (AvgIpc) is 2.28. The molecule has 0 saturated carbocycles. The van der Waals surface area contributed by atoms with Crippen LogP contribution in [-0.2, 0) is 15.5 Å². The first kappa shape index (κ1) is 14.7. The van der Waals surface area contributed by atoms with Crippen LogP contribution in [0.1, 0.15) is 5.56 Å². The maximum atomic E-state index is 13.6. The quantitative estimate of drug-likeness (QED) is 0.870. The van der Waals surface area contributed by atoms with Gasteiger partial charge in [-0.15, -0.1) is 0 Å². The molecule has 0 saturated heterocycles. The third kappa shape index (κ3) is 3.82. The smallest absolute Gasteiger partial charge is 0.329 e. The molecule has 18 heavy (non-hydrogen) atoms. The van der Waals surface area contributed by atoms with Crippen molar-refractivity contribution in [2.45, 2.75) is 5.92 Å². The van der Waals surface area contributed by atoms with Crippen molar-refractivity contribution in [3.8, 4) is 5.75 Å². The second-order valence-electron chi connectivity index (χ2n) is 3.44. The van der Waals surface area contributed by atoms with Crippen LogP contribution in [0.5, 0.6) is 5.75 Å². The number of hydrogen-bond acceptors (Lipinski definition) is 3. The fourth-order valence-corrected chi connectivity index (χ4v) is 1.50. The van der Waals surface area contributed by atoms with Crippen LogP contribution in [0, 0.1) is 0 Å². The summed E-state index contributed by atoms with van der Waals surface area (Å²) in [5, 5.41) is 8.33. The second-order valence-corrected chi connectivity index (χ2v) is 3.85. The van der Waals surface area contributed by atoms with Crippen molar-refractivity contribution in [2.75, 3.05) is 20.3 Å². The van der Waals surface area contributed by atoms with Crippen LogP contribution in [0.3, 0.4) is 0 Å². The Hall–Kier alpha value is -1.40. The zero-order valence-electron chi connectivity index (χ0n) is 9.45. The van der Waals surface area contributed by atoms with E-state index >= 15 is 0 Å². The van der Waals surface area contributed by atoms with Gasteiger partial charge in [-0.25, -0.2) is 4.79 Å². The first-order valence-corrected chi connectivity index (χ1v) is 5.26. The number of ether oxygens (including phenoxy) is 2. The van der Waals surface area contributed by atoms with Gasteiger partial charge >= 0.3 is 5.97 Å². The van der Waals surface area contributed by atoms with E-state index in [9.17, 15) is 13.6 Å². The number of methoxy groups -OCH3 is 1. The van der Waals surface area contributed by atoms with Crippen molar-refractivity contribution in [1.29, 1.82) is 0 Å². The highest BCUT2D eigenvalue weighted by molar-refractivity contribution is 6.32. The molecule has 1 aromatic rings. The van der Waals surface area contributed by atoms with Gasteiger partial charge in [0, 0.05) is 5.56 Å². The molecule has 1 aromatic carbocycles. The van der Waals surface area contributed by atoms with Crippen molar-refractivity contribution in [3.05, 3.63) is 28.8 Å². The average molecular weight is 281 g/mol. The Morgan fingerprint density at radius 1 is 1.50 bits per heavy atom. The Morgan fingerprint density at radius 3 is 2.67 bits per heavy atom. The van der Waals surface area contributed by atoms with Crippen molar-refractivity contribution < 1.29 is 28.2 Å². The minimum absolute atomic E-state index is 0.0490. The Bertz CT molecular complexity index is 437. The first-order valence-electron chi connectivity index (χ1n) is 4.88. The Balaban J connectivity index is 2.77. The van der Waals surface area contributed by atoms with E-state index in [0.29, 0.717) is 0 Å². The maximum absolute atomic E-state index is 13.6. The standard InChI is InChI=1S/C11H11ClF2O4/c1-17-9-3-2-7(4-8(9)12)11(13,14)6-18-5-10(15)16/h2-4H,5-6H2,1H3,(H,15,16). The van der Waals surface area contributed by atoms with Crippen LogP contribution in [0.15, 0.2) is 18.2 Å². The summed E-state index contributed by atoms with van der Waals surface area (Å²) in [6.07, 6.45) is 0. The van der Waals surface area contributed by atoms with E-state index in [-0.39, 0.29) is 16.3 Å². The van der Waals surface area contributed by atoms with E-state index < -0.39 is 25.1 Å². The number of hydrogen-bond donors (Lipinski definition) is 1. The molecular weight excluding hydrogens is 270 g/mol. The number of carbonyl (C=O) groups is 1. The molecule has 0 aromatic heterocycles. The SMILES string of the molecule is COc1ccc(C(F)(F)COCC(=O)O)cc1Cl. The maximum Gasteiger partial charge on any atom is 0.329 e. The summed E-state index contributed by atoms with van der Waals surface area (Å²) in [4.78, 5) is 10.2. The van der Waals surface area contributed by atoms with E-state index in [2.05, 4.69) is 4.74 Å². The molecule has 0 aliphatic heterocycles. The van der Waals surface area contributed by atoms with Crippen LogP contribution >= 0.6 is 11.6 Å². The fourth-order valence-electron chi connectivity index (χ4n) is 1.24. The number of alkyl halides is 2. The highest BCUT2D eigenvalue weighted by atomic mass is 35.5. The molecule has 0 unspecified atom stereocenters. The third-order valence-electron chi connectivity index (χ3n) is 2.08. The highest BCUT2D eigenvalue weighted by Gasteiger charge is 2.32. The van der Waals surface area contributed by atoms with Gasteiger partial charge in [-0.05, 0) is 18.2 Å². The van der Waals surface area contributed by atoms with E-state index in [1.807, 2.05) is 0 Å². The number of halogens is 3. The molecule has 0 amide bonds. The van der Waals surface area contributed by atoms with E-state index in [0.717, 1.165) is 12.1 Å². The van der Waals surface area contributed by atoms with Crippen LogP contribution in [-0.4, -0.2) is 31.4 Å². The molecule has 0 fully saturated rings. The van der Waals surface area contributed by atoms with Crippen molar-refractivity contribution in [2.24, 2.45) is 0 Å². The lowest BCUT2D eigenvalue weighted by Gasteiger charge is -2.17. The lowest BCUT2D eigenvalue weighted by Crippen LogP contribution is -2.23. The van der Waals surface area contributed by atoms with Crippen molar-refractivity contribution >= 4 is 17.6 Å². The molecule has 0 atom stereocenters. The molecule has 100 valence electrons. The molecule has 1 N–H and O–H groups in total. The lowest BCUT2D eigenvalue weighted by atomic mass is 10.1. The third-order valence-corrected chi connectivity index (χ3v) is 2.38. The molecule has 1 rings (SSSR count). The number of carboxylic acid groups (broad SMARTS) is 1. The summed E-state index contributed by atoms with van der Waals surface area (Å²) in [7, 11) is 1.37. The molecule has 7 heteroatoms. The van der Waals surface area contributed by atoms with Crippen LogP contribution in [0.4, 0.5) is 8.78 Å². The zero-order valence-corrected chi connectivity index (χ0v) is 10.2. The molecule has 0 aliphatic carbocycles. The molecule has 0 radical (unpaired) electrons. The number of benzene rings is 1. The van der Waals surface area contributed by atoms with Gasteiger partial charge in [0.15, 0.2) is 0 Å². The Morgan fingerprint density at radius 2 is 2.17 bits per heavy atom. The normalized spacial score (nSPS) is 11.3.